The molecule has 6 heteroatoms. The van der Waals surface area contributed by atoms with Gasteiger partial charge < -0.3 is 5.32 Å². The summed E-state index contributed by atoms with van der Waals surface area (Å²) >= 11 is 4.62. The number of rotatable bonds is 4. The maximum absolute atomic E-state index is 13.1. The van der Waals surface area contributed by atoms with Gasteiger partial charge in [0.25, 0.3) is 0 Å². The molecule has 1 aromatic heterocycles. The molecule has 0 fully saturated rings. The molecule has 1 aromatic carbocycles. The molecule has 1 N–H and O–H groups in total. The first-order valence-electron chi connectivity index (χ1n) is 6.08. The Hall–Kier alpha value is -1.01. The molecule has 108 valence electrons. The van der Waals surface area contributed by atoms with Gasteiger partial charge in [-0.25, -0.2) is 0 Å². The second kappa shape index (κ2) is 6.18. The maximum atomic E-state index is 13.1. The average molecular weight is 364 g/mol. The monoisotopic (exact) mass is 363 g/mol. The molecule has 0 amide bonds. The van der Waals surface area contributed by atoms with Gasteiger partial charge in [-0.3, -0.25) is 0 Å². The van der Waals surface area contributed by atoms with Gasteiger partial charge >= 0.3 is 6.18 Å². The Labute approximate surface area is 128 Å². The molecule has 2 rings (SSSR count). The van der Waals surface area contributed by atoms with Crippen LogP contribution in [0.2, 0.25) is 0 Å². The van der Waals surface area contributed by atoms with E-state index in [0.29, 0.717) is 10.9 Å². The molecule has 1 atom stereocenters. The van der Waals surface area contributed by atoms with Gasteiger partial charge in [-0.15, -0.1) is 11.3 Å². The average Bonchev–Trinajstić information content (AvgIpc) is 2.90. The molecule has 0 saturated heterocycles. The molecule has 0 bridgehead atoms. The van der Waals surface area contributed by atoms with Crippen LogP contribution in [0.25, 0.3) is 0 Å². The van der Waals surface area contributed by atoms with Crippen LogP contribution in [0, 0.1) is 0 Å². The van der Waals surface area contributed by atoms with Crippen molar-refractivity contribution in [1.82, 2.24) is 0 Å². The van der Waals surface area contributed by atoms with Gasteiger partial charge in [0.2, 0.25) is 0 Å². The Kier molecular flexibility index (Phi) is 4.75. The molecule has 0 aliphatic heterocycles. The van der Waals surface area contributed by atoms with Crippen molar-refractivity contribution in [3.8, 4) is 0 Å². The van der Waals surface area contributed by atoms with Crippen LogP contribution in [0.3, 0.4) is 0 Å². The Morgan fingerprint density at radius 2 is 2.05 bits per heavy atom. The topological polar surface area (TPSA) is 12.0 Å². The number of benzene rings is 1. The highest BCUT2D eigenvalue weighted by Gasteiger charge is 2.34. The molecule has 0 aliphatic rings. The fourth-order valence-corrected chi connectivity index (χ4v) is 3.15. The molecular weight excluding hydrogens is 351 g/mol. The third-order valence-electron chi connectivity index (χ3n) is 2.91. The van der Waals surface area contributed by atoms with Crippen molar-refractivity contribution in [2.75, 3.05) is 5.32 Å². The Bertz CT molecular complexity index is 566. The lowest BCUT2D eigenvalue weighted by molar-refractivity contribution is -0.137. The zero-order valence-corrected chi connectivity index (χ0v) is 13.1. The second-order valence-electron chi connectivity index (χ2n) is 4.31. The van der Waals surface area contributed by atoms with Crippen LogP contribution in [0.4, 0.5) is 18.9 Å². The minimum atomic E-state index is -4.38. The van der Waals surface area contributed by atoms with Crippen molar-refractivity contribution in [3.63, 3.8) is 0 Å². The number of hydrogen-bond donors (Lipinski definition) is 1. The van der Waals surface area contributed by atoms with Gasteiger partial charge in [0.1, 0.15) is 0 Å². The summed E-state index contributed by atoms with van der Waals surface area (Å²) in [5.74, 6) is 0. The van der Waals surface area contributed by atoms with Crippen LogP contribution in [-0.4, -0.2) is 0 Å². The van der Waals surface area contributed by atoms with Crippen molar-refractivity contribution >= 4 is 33.0 Å². The summed E-state index contributed by atoms with van der Waals surface area (Å²) in [7, 11) is 0. The van der Waals surface area contributed by atoms with Crippen LogP contribution < -0.4 is 5.32 Å². The highest BCUT2D eigenvalue weighted by molar-refractivity contribution is 9.10. The molecule has 0 radical (unpaired) electrons. The van der Waals surface area contributed by atoms with Crippen LogP contribution in [0.1, 0.15) is 29.8 Å². The number of thiophene rings is 1. The van der Waals surface area contributed by atoms with E-state index in [4.69, 9.17) is 0 Å². The number of anilines is 1. The summed E-state index contributed by atoms with van der Waals surface area (Å²) in [5.41, 5.74) is -0.539. The van der Waals surface area contributed by atoms with Crippen molar-refractivity contribution in [2.24, 2.45) is 0 Å². The predicted octanol–water partition coefficient (Wildman–Crippen LogP) is 6.09. The molecule has 20 heavy (non-hydrogen) atoms. The standard InChI is InChI=1S/C14H13BrF3NS/c1-2-11(13-4-3-7-20-13)19-12-6-5-9(15)8-10(12)14(16,17)18/h3-8,11,19H,2H2,1H3. The SMILES string of the molecule is CCC(Nc1ccc(Br)cc1C(F)(F)F)c1cccs1. The molecule has 1 nitrogen and oxygen atoms in total. The molecule has 0 aliphatic carbocycles. The third kappa shape index (κ3) is 3.55. The first-order chi connectivity index (χ1) is 9.41. The summed E-state index contributed by atoms with van der Waals surface area (Å²) < 4.78 is 39.6. The van der Waals surface area contributed by atoms with Crippen LogP contribution in [0.15, 0.2) is 40.2 Å². The molecule has 1 unspecified atom stereocenters. The fraction of sp³-hybridized carbons (Fsp3) is 0.286. The normalized spacial score (nSPS) is 13.2. The highest BCUT2D eigenvalue weighted by Crippen LogP contribution is 2.38. The smallest absolute Gasteiger partial charge is 0.377 e. The summed E-state index contributed by atoms with van der Waals surface area (Å²) in [4.78, 5) is 1.03. The maximum Gasteiger partial charge on any atom is 0.418 e. The molecular formula is C14H13BrF3NS. The highest BCUT2D eigenvalue weighted by atomic mass is 79.9. The van der Waals surface area contributed by atoms with E-state index in [9.17, 15) is 13.2 Å². The van der Waals surface area contributed by atoms with Crippen molar-refractivity contribution in [3.05, 3.63) is 50.6 Å². The number of alkyl halides is 3. The lowest BCUT2D eigenvalue weighted by atomic mass is 10.1. The van der Waals surface area contributed by atoms with E-state index >= 15 is 0 Å². The second-order valence-corrected chi connectivity index (χ2v) is 6.20. The fourth-order valence-electron chi connectivity index (χ4n) is 1.93. The summed E-state index contributed by atoms with van der Waals surface area (Å²) in [6, 6.07) is 7.89. The van der Waals surface area contributed by atoms with E-state index in [1.807, 2.05) is 24.4 Å². The van der Waals surface area contributed by atoms with Gasteiger partial charge in [0, 0.05) is 15.0 Å². The van der Waals surface area contributed by atoms with E-state index < -0.39 is 11.7 Å². The van der Waals surface area contributed by atoms with E-state index in [1.54, 1.807) is 6.07 Å². The summed E-state index contributed by atoms with van der Waals surface area (Å²) in [5, 5.41) is 4.93. The summed E-state index contributed by atoms with van der Waals surface area (Å²) in [6.07, 6.45) is -3.66. The van der Waals surface area contributed by atoms with Gasteiger partial charge in [-0.05, 0) is 36.1 Å². The molecule has 0 saturated carbocycles. The predicted molar refractivity (Wildman–Crippen MR) is 80.1 cm³/mol. The third-order valence-corrected chi connectivity index (χ3v) is 4.39. The van der Waals surface area contributed by atoms with Crippen LogP contribution in [0.5, 0.6) is 0 Å². The lowest BCUT2D eigenvalue weighted by Gasteiger charge is -2.21. The first kappa shape index (κ1) is 15.4. The zero-order chi connectivity index (χ0) is 14.8. The number of hydrogen-bond acceptors (Lipinski definition) is 2. The van der Waals surface area contributed by atoms with Crippen molar-refractivity contribution < 1.29 is 13.2 Å². The Morgan fingerprint density at radius 3 is 2.60 bits per heavy atom. The number of nitrogens with one attached hydrogen (secondary N) is 1. The molecule has 2 aromatic rings. The largest absolute Gasteiger partial charge is 0.418 e. The van der Waals surface area contributed by atoms with Crippen LogP contribution in [-0.2, 0) is 6.18 Å². The Balaban J connectivity index is 2.33. The van der Waals surface area contributed by atoms with E-state index in [1.165, 1.54) is 17.4 Å². The Morgan fingerprint density at radius 1 is 1.30 bits per heavy atom. The quantitative estimate of drug-likeness (QED) is 0.692. The molecule has 1 heterocycles. The minimum absolute atomic E-state index is 0.112. The minimum Gasteiger partial charge on any atom is -0.377 e. The van der Waals surface area contributed by atoms with Crippen LogP contribution >= 0.6 is 27.3 Å². The lowest BCUT2D eigenvalue weighted by Crippen LogP contribution is -2.14. The van der Waals surface area contributed by atoms with E-state index in [0.717, 1.165) is 10.9 Å². The van der Waals surface area contributed by atoms with Crippen molar-refractivity contribution in [1.29, 1.82) is 0 Å². The molecule has 0 spiro atoms. The van der Waals surface area contributed by atoms with E-state index in [2.05, 4.69) is 21.2 Å². The van der Waals surface area contributed by atoms with Gasteiger partial charge in [-0.1, -0.05) is 28.9 Å². The number of halogens is 4. The van der Waals surface area contributed by atoms with Gasteiger partial charge in [-0.2, -0.15) is 13.2 Å². The van der Waals surface area contributed by atoms with E-state index in [-0.39, 0.29) is 11.7 Å². The first-order valence-corrected chi connectivity index (χ1v) is 7.75. The van der Waals surface area contributed by atoms with Crippen molar-refractivity contribution in [2.45, 2.75) is 25.6 Å². The van der Waals surface area contributed by atoms with Gasteiger partial charge in [0.15, 0.2) is 0 Å². The zero-order valence-electron chi connectivity index (χ0n) is 10.7. The van der Waals surface area contributed by atoms with Gasteiger partial charge in [0.05, 0.1) is 11.6 Å². The summed E-state index contributed by atoms with van der Waals surface area (Å²) in [6.45, 7) is 1.95.